The van der Waals surface area contributed by atoms with E-state index in [0.29, 0.717) is 0 Å². The van der Waals surface area contributed by atoms with Gasteiger partial charge in [-0.3, -0.25) is 28.8 Å². The summed E-state index contributed by atoms with van der Waals surface area (Å²) in [6.45, 7) is 4.08. The van der Waals surface area contributed by atoms with E-state index in [-0.39, 0.29) is 19.3 Å². The number of hydrogen-bond donors (Lipinski definition) is 2. The zero-order chi connectivity index (χ0) is 23.7. The average molecular weight is 445 g/mol. The zero-order valence-electron chi connectivity index (χ0n) is 17.7. The molecule has 31 heavy (non-hydrogen) atoms. The molecule has 0 aliphatic carbocycles. The molecule has 0 aromatic rings. The normalized spacial score (nSPS) is 25.1. The Morgan fingerprint density at radius 2 is 1.45 bits per heavy atom. The van der Waals surface area contributed by atoms with E-state index in [1.54, 1.807) is 0 Å². The molecule has 2 N–H and O–H groups in total. The van der Waals surface area contributed by atoms with Crippen LogP contribution in [0.5, 0.6) is 0 Å². The maximum Gasteiger partial charge on any atom is 0.303 e. The van der Waals surface area contributed by atoms with Crippen LogP contribution in [0.25, 0.3) is 0 Å². The van der Waals surface area contributed by atoms with Gasteiger partial charge in [-0.05, 0) is 6.42 Å². The lowest BCUT2D eigenvalue weighted by molar-refractivity contribution is -0.222. The van der Waals surface area contributed by atoms with Gasteiger partial charge in [-0.1, -0.05) is 0 Å². The predicted octanol–water partition coefficient (Wildman–Crippen LogP) is -0.491. The van der Waals surface area contributed by atoms with Crippen LogP contribution in [0.3, 0.4) is 0 Å². The van der Waals surface area contributed by atoms with Crippen LogP contribution in [0.2, 0.25) is 0 Å². The fraction of sp³-hybridized carbons (Fsp3) is 0.684. The number of aliphatic carboxylic acids is 1. The molecule has 1 saturated heterocycles. The second-order valence-electron chi connectivity index (χ2n) is 6.99. The lowest BCUT2D eigenvalue weighted by Crippen LogP contribution is -2.67. The smallest absolute Gasteiger partial charge is 0.303 e. The topological polar surface area (TPSA) is 172 Å². The molecule has 1 fully saturated rings. The van der Waals surface area contributed by atoms with Gasteiger partial charge in [0.25, 0.3) is 0 Å². The molecule has 12 nitrogen and oxygen atoms in total. The molecule has 1 rings (SSSR count). The first-order chi connectivity index (χ1) is 14.4. The van der Waals surface area contributed by atoms with Crippen LogP contribution in [-0.4, -0.2) is 77.7 Å². The van der Waals surface area contributed by atoms with E-state index in [0.717, 1.165) is 20.8 Å². The van der Waals surface area contributed by atoms with E-state index in [9.17, 15) is 28.8 Å². The summed E-state index contributed by atoms with van der Waals surface area (Å²) >= 11 is 0. The van der Waals surface area contributed by atoms with Gasteiger partial charge in [-0.15, -0.1) is 0 Å². The second kappa shape index (κ2) is 12.0. The Kier molecular flexibility index (Phi) is 10.1. The summed E-state index contributed by atoms with van der Waals surface area (Å²) in [5, 5.41) is 11.3. The minimum Gasteiger partial charge on any atom is -0.481 e. The van der Waals surface area contributed by atoms with Crippen LogP contribution in [0.4, 0.5) is 0 Å². The van der Waals surface area contributed by atoms with E-state index >= 15 is 0 Å². The fourth-order valence-electron chi connectivity index (χ4n) is 3.16. The highest BCUT2D eigenvalue weighted by Gasteiger charge is 2.52. The molecular formula is C19H27NO11. The number of carboxylic acid groups (broad SMARTS) is 1. The maximum absolute atomic E-state index is 12.8. The SMILES string of the molecule is CC(=O)NC1C(C(=O)CCCC(=O)O)OC(COC(C)=O)C(OC(C)=O)C1OC(C)=O. The highest BCUT2D eigenvalue weighted by Crippen LogP contribution is 2.28. The van der Waals surface area contributed by atoms with Crippen molar-refractivity contribution in [1.29, 1.82) is 0 Å². The number of nitrogens with one attached hydrogen (secondary N) is 1. The van der Waals surface area contributed by atoms with Gasteiger partial charge in [-0.2, -0.15) is 0 Å². The number of rotatable bonds is 10. The molecule has 0 spiro atoms. The average Bonchev–Trinajstić information content (AvgIpc) is 2.61. The van der Waals surface area contributed by atoms with Crippen molar-refractivity contribution >= 4 is 35.6 Å². The third-order valence-corrected chi connectivity index (χ3v) is 4.25. The molecule has 1 heterocycles. The molecule has 0 saturated carbocycles. The van der Waals surface area contributed by atoms with Crippen molar-refractivity contribution in [3.05, 3.63) is 0 Å². The first kappa shape index (κ1) is 26.0. The minimum absolute atomic E-state index is 0.0149. The first-order valence-electron chi connectivity index (χ1n) is 9.57. The van der Waals surface area contributed by atoms with Gasteiger partial charge < -0.3 is 29.4 Å². The second-order valence-corrected chi connectivity index (χ2v) is 6.99. The van der Waals surface area contributed by atoms with Crippen molar-refractivity contribution in [2.24, 2.45) is 0 Å². The number of amides is 1. The summed E-state index contributed by atoms with van der Waals surface area (Å²) in [6.07, 6.45) is -5.61. The number of Topliss-reactive ketones (excluding diaryl/α,β-unsaturated/α-hetero) is 1. The largest absolute Gasteiger partial charge is 0.481 e. The molecular weight excluding hydrogens is 418 g/mol. The van der Waals surface area contributed by atoms with Crippen LogP contribution in [-0.2, 0) is 47.7 Å². The quantitative estimate of drug-likeness (QED) is 0.328. The van der Waals surface area contributed by atoms with Gasteiger partial charge in [0, 0.05) is 40.5 Å². The van der Waals surface area contributed by atoms with Crippen molar-refractivity contribution in [2.75, 3.05) is 6.61 Å². The first-order valence-corrected chi connectivity index (χ1v) is 9.57. The van der Waals surface area contributed by atoms with Gasteiger partial charge in [0.1, 0.15) is 24.9 Å². The van der Waals surface area contributed by atoms with Crippen LogP contribution < -0.4 is 5.32 Å². The minimum atomic E-state index is -1.37. The van der Waals surface area contributed by atoms with Crippen molar-refractivity contribution in [3.8, 4) is 0 Å². The Hall–Kier alpha value is -3.02. The number of carbonyl (C=O) groups is 6. The Bertz CT molecular complexity index is 720. The molecule has 0 aromatic carbocycles. The summed E-state index contributed by atoms with van der Waals surface area (Å²) < 4.78 is 21.2. The van der Waals surface area contributed by atoms with E-state index in [1.165, 1.54) is 6.92 Å². The monoisotopic (exact) mass is 445 g/mol. The molecule has 1 aliphatic rings. The third-order valence-electron chi connectivity index (χ3n) is 4.25. The molecule has 1 amide bonds. The van der Waals surface area contributed by atoms with Gasteiger partial charge in [-0.25, -0.2) is 0 Å². The molecule has 5 unspecified atom stereocenters. The van der Waals surface area contributed by atoms with Gasteiger partial charge in [0.05, 0.1) is 0 Å². The number of ketones is 1. The predicted molar refractivity (Wildman–Crippen MR) is 101 cm³/mol. The van der Waals surface area contributed by atoms with Crippen molar-refractivity contribution < 1.29 is 52.8 Å². The molecule has 5 atom stereocenters. The maximum atomic E-state index is 12.8. The molecule has 0 aromatic heterocycles. The Balaban J connectivity index is 3.30. The molecule has 174 valence electrons. The molecule has 0 bridgehead atoms. The zero-order valence-corrected chi connectivity index (χ0v) is 17.7. The standard InChI is InChI=1S/C19H27NO11/c1-9(21)20-16-17(13(25)6-5-7-15(26)27)31-14(8-28-10(2)22)18(29-11(3)23)19(16)30-12(4)24/h14,16-19H,5-8H2,1-4H3,(H,20,21)(H,26,27). The number of carbonyl (C=O) groups excluding carboxylic acids is 5. The van der Waals surface area contributed by atoms with E-state index < -0.39 is 72.6 Å². The summed E-state index contributed by atoms with van der Waals surface area (Å²) in [6, 6.07) is -1.23. The lowest BCUT2D eigenvalue weighted by atomic mass is 9.88. The van der Waals surface area contributed by atoms with Crippen molar-refractivity contribution in [2.45, 2.75) is 77.4 Å². The highest BCUT2D eigenvalue weighted by molar-refractivity contribution is 5.86. The number of esters is 3. The van der Waals surface area contributed by atoms with Crippen LogP contribution in [0, 0.1) is 0 Å². The Morgan fingerprint density at radius 1 is 0.871 bits per heavy atom. The number of ether oxygens (including phenoxy) is 4. The van der Waals surface area contributed by atoms with Crippen molar-refractivity contribution in [3.63, 3.8) is 0 Å². The third kappa shape index (κ3) is 8.70. The summed E-state index contributed by atoms with van der Waals surface area (Å²) in [5.74, 6) is -4.42. The van der Waals surface area contributed by atoms with Crippen molar-refractivity contribution in [1.82, 2.24) is 5.32 Å². The Labute approximate surface area is 178 Å². The van der Waals surface area contributed by atoms with Crippen LogP contribution in [0.1, 0.15) is 47.0 Å². The van der Waals surface area contributed by atoms with Gasteiger partial charge in [0.15, 0.2) is 18.0 Å². The fourth-order valence-corrected chi connectivity index (χ4v) is 3.16. The summed E-state index contributed by atoms with van der Waals surface area (Å²) in [7, 11) is 0. The van der Waals surface area contributed by atoms with E-state index in [1.807, 2.05) is 0 Å². The van der Waals surface area contributed by atoms with Gasteiger partial charge >= 0.3 is 23.9 Å². The molecule has 12 heteroatoms. The summed E-state index contributed by atoms with van der Waals surface area (Å²) in [5.41, 5.74) is 0. The van der Waals surface area contributed by atoms with E-state index in [2.05, 4.69) is 5.32 Å². The highest BCUT2D eigenvalue weighted by atomic mass is 16.6. The molecule has 1 aliphatic heterocycles. The summed E-state index contributed by atoms with van der Waals surface area (Å²) in [4.78, 5) is 69.9. The van der Waals surface area contributed by atoms with Crippen LogP contribution >= 0.6 is 0 Å². The van der Waals surface area contributed by atoms with Gasteiger partial charge in [0.2, 0.25) is 5.91 Å². The Morgan fingerprint density at radius 3 is 1.94 bits per heavy atom. The molecule has 0 radical (unpaired) electrons. The van der Waals surface area contributed by atoms with E-state index in [4.69, 9.17) is 24.1 Å². The lowest BCUT2D eigenvalue weighted by Gasteiger charge is -2.44. The number of hydrogen-bond acceptors (Lipinski definition) is 10. The van der Waals surface area contributed by atoms with Crippen LogP contribution in [0.15, 0.2) is 0 Å². The number of carboxylic acids is 1.